The fourth-order valence-electron chi connectivity index (χ4n) is 10.6. The number of aliphatic hydroxyl groups is 8. The molecule has 0 aliphatic carbocycles. The minimum absolute atomic E-state index is 0.256. The molecule has 0 saturated carbocycles. The van der Waals surface area contributed by atoms with Gasteiger partial charge < -0.3 is 65.1 Å². The first-order valence-electron chi connectivity index (χ1n) is 33.0. The molecular weight excluding hydrogens is 1030 g/mol. The summed E-state index contributed by atoms with van der Waals surface area (Å²) in [5.41, 5.74) is 0. The second kappa shape index (κ2) is 52.1. The van der Waals surface area contributed by atoms with Gasteiger partial charge in [0.15, 0.2) is 12.6 Å². The van der Waals surface area contributed by atoms with Crippen molar-refractivity contribution >= 4 is 5.91 Å². The SMILES string of the molecule is CCCCCCC/C=C\C/C=C\C/C=C\CCCCCCCCCCC(=O)NC(COC1OC(CO)C(OC2OC(CO)C(O)C(O)C2O)C(O)C1O)C(O)/C=C/CC/C=C/CCCCCCCCCCCCCCCCCCCC. The highest BCUT2D eigenvalue weighted by Crippen LogP contribution is 2.30. The molecule has 0 bridgehead atoms. The molecule has 0 aromatic heterocycles. The second-order valence-electron chi connectivity index (χ2n) is 23.2. The van der Waals surface area contributed by atoms with Gasteiger partial charge in [0.1, 0.15) is 48.8 Å². The molecule has 0 aromatic rings. The van der Waals surface area contributed by atoms with Crippen LogP contribution in [0.2, 0.25) is 0 Å². The summed E-state index contributed by atoms with van der Waals surface area (Å²) < 4.78 is 22.8. The quantitative estimate of drug-likeness (QED) is 0.0204. The van der Waals surface area contributed by atoms with Crippen molar-refractivity contribution in [1.29, 1.82) is 0 Å². The number of nitrogens with one attached hydrogen (secondary N) is 1. The van der Waals surface area contributed by atoms with E-state index in [1.54, 1.807) is 6.08 Å². The highest BCUT2D eigenvalue weighted by atomic mass is 16.7. The lowest BCUT2D eigenvalue weighted by Gasteiger charge is -2.46. The molecule has 14 heteroatoms. The molecule has 12 unspecified atom stereocenters. The lowest BCUT2D eigenvalue weighted by atomic mass is 9.97. The highest BCUT2D eigenvalue weighted by molar-refractivity contribution is 5.76. The first-order chi connectivity index (χ1) is 39.6. The third-order valence-corrected chi connectivity index (χ3v) is 15.9. The van der Waals surface area contributed by atoms with E-state index in [0.717, 1.165) is 51.4 Å². The molecule has 2 rings (SSSR count). The zero-order valence-electron chi connectivity index (χ0n) is 51.0. The Morgan fingerprint density at radius 2 is 0.827 bits per heavy atom. The van der Waals surface area contributed by atoms with E-state index in [0.29, 0.717) is 12.8 Å². The van der Waals surface area contributed by atoms with E-state index < -0.39 is 86.8 Å². The van der Waals surface area contributed by atoms with Crippen LogP contribution < -0.4 is 5.32 Å². The Hall–Kier alpha value is -2.31. The average molecular weight is 1150 g/mol. The number of aliphatic hydroxyl groups excluding tert-OH is 8. The van der Waals surface area contributed by atoms with E-state index in [2.05, 4.69) is 67.8 Å². The highest BCUT2D eigenvalue weighted by Gasteiger charge is 2.51. The normalized spacial score (nSPS) is 24.5. The van der Waals surface area contributed by atoms with Crippen LogP contribution in [0.25, 0.3) is 0 Å². The molecule has 0 spiro atoms. The maximum Gasteiger partial charge on any atom is 0.220 e. The predicted molar refractivity (Wildman–Crippen MR) is 327 cm³/mol. The van der Waals surface area contributed by atoms with Crippen molar-refractivity contribution in [3.05, 3.63) is 60.8 Å². The van der Waals surface area contributed by atoms with Crippen LogP contribution in [0.1, 0.15) is 264 Å². The molecule has 2 saturated heterocycles. The number of carbonyl (C=O) groups is 1. The van der Waals surface area contributed by atoms with Crippen molar-refractivity contribution in [2.75, 3.05) is 19.8 Å². The van der Waals surface area contributed by atoms with Crippen molar-refractivity contribution in [3.8, 4) is 0 Å². The van der Waals surface area contributed by atoms with Crippen molar-refractivity contribution in [1.82, 2.24) is 5.32 Å². The van der Waals surface area contributed by atoms with Crippen LogP contribution in [0.4, 0.5) is 0 Å². The van der Waals surface area contributed by atoms with E-state index in [-0.39, 0.29) is 18.9 Å². The molecule has 12 atom stereocenters. The minimum Gasteiger partial charge on any atom is -0.394 e. The lowest BCUT2D eigenvalue weighted by Crippen LogP contribution is -2.65. The number of hydrogen-bond acceptors (Lipinski definition) is 13. The van der Waals surface area contributed by atoms with Gasteiger partial charge in [-0.2, -0.15) is 0 Å². The molecule has 0 radical (unpaired) electrons. The Balaban J connectivity index is 1.75. The van der Waals surface area contributed by atoms with Crippen LogP contribution in [0.15, 0.2) is 60.8 Å². The summed E-state index contributed by atoms with van der Waals surface area (Å²) in [6.45, 7) is 2.79. The van der Waals surface area contributed by atoms with Gasteiger partial charge in [0, 0.05) is 6.42 Å². The van der Waals surface area contributed by atoms with Crippen LogP contribution in [0.3, 0.4) is 0 Å². The van der Waals surface area contributed by atoms with Gasteiger partial charge in [-0.25, -0.2) is 0 Å². The van der Waals surface area contributed by atoms with E-state index in [4.69, 9.17) is 18.9 Å². The molecule has 2 aliphatic rings. The van der Waals surface area contributed by atoms with E-state index >= 15 is 0 Å². The van der Waals surface area contributed by atoms with Crippen LogP contribution in [-0.2, 0) is 23.7 Å². The number of carbonyl (C=O) groups excluding carboxylic acids is 1. The van der Waals surface area contributed by atoms with Gasteiger partial charge in [0.2, 0.25) is 5.91 Å². The number of allylic oxidation sites excluding steroid dienone is 9. The first-order valence-corrected chi connectivity index (χ1v) is 33.0. The van der Waals surface area contributed by atoms with Crippen molar-refractivity contribution in [2.45, 2.75) is 338 Å². The monoisotopic (exact) mass is 1150 g/mol. The Morgan fingerprint density at radius 3 is 1.30 bits per heavy atom. The molecule has 2 heterocycles. The number of unbranched alkanes of at least 4 members (excludes halogenated alkanes) is 32. The number of hydrogen-bond donors (Lipinski definition) is 9. The Bertz CT molecular complexity index is 1590. The Labute approximate surface area is 492 Å². The van der Waals surface area contributed by atoms with Gasteiger partial charge in [0.25, 0.3) is 0 Å². The molecule has 472 valence electrons. The summed E-state index contributed by atoms with van der Waals surface area (Å²) in [7, 11) is 0. The summed E-state index contributed by atoms with van der Waals surface area (Å²) in [6, 6.07) is -0.939. The van der Waals surface area contributed by atoms with Gasteiger partial charge in [-0.1, -0.05) is 248 Å². The number of rotatable bonds is 53. The summed E-state index contributed by atoms with van der Waals surface area (Å²) in [5.74, 6) is -0.256. The molecule has 9 N–H and O–H groups in total. The molecule has 14 nitrogen and oxygen atoms in total. The molecule has 2 fully saturated rings. The Morgan fingerprint density at radius 1 is 0.444 bits per heavy atom. The zero-order chi connectivity index (χ0) is 58.8. The predicted octanol–water partition coefficient (Wildman–Crippen LogP) is 12.5. The maximum absolute atomic E-state index is 13.3. The van der Waals surface area contributed by atoms with E-state index in [1.807, 2.05) is 6.08 Å². The van der Waals surface area contributed by atoms with Crippen molar-refractivity contribution in [2.24, 2.45) is 0 Å². The van der Waals surface area contributed by atoms with Crippen LogP contribution in [-0.4, -0.2) is 140 Å². The minimum atomic E-state index is -1.79. The van der Waals surface area contributed by atoms with Gasteiger partial charge in [-0.3, -0.25) is 4.79 Å². The maximum atomic E-state index is 13.3. The summed E-state index contributed by atoms with van der Waals surface area (Å²) in [4.78, 5) is 13.3. The zero-order valence-corrected chi connectivity index (χ0v) is 51.0. The Kier molecular flexibility index (Phi) is 48.1. The molecule has 1 amide bonds. The molecule has 2 aliphatic heterocycles. The smallest absolute Gasteiger partial charge is 0.220 e. The van der Waals surface area contributed by atoms with Gasteiger partial charge >= 0.3 is 0 Å². The second-order valence-corrected chi connectivity index (χ2v) is 23.2. The topological polar surface area (TPSA) is 228 Å². The van der Waals surface area contributed by atoms with Crippen molar-refractivity contribution in [3.63, 3.8) is 0 Å². The van der Waals surface area contributed by atoms with Crippen LogP contribution >= 0.6 is 0 Å². The molecule has 81 heavy (non-hydrogen) atoms. The lowest BCUT2D eigenvalue weighted by molar-refractivity contribution is -0.359. The first kappa shape index (κ1) is 74.8. The van der Waals surface area contributed by atoms with Gasteiger partial charge in [-0.15, -0.1) is 0 Å². The van der Waals surface area contributed by atoms with Crippen LogP contribution in [0, 0.1) is 0 Å². The van der Waals surface area contributed by atoms with E-state index in [1.165, 1.54) is 180 Å². The average Bonchev–Trinajstić information content (AvgIpc) is 3.47. The van der Waals surface area contributed by atoms with Crippen molar-refractivity contribution < 1.29 is 64.6 Å². The van der Waals surface area contributed by atoms with Crippen LogP contribution in [0.5, 0.6) is 0 Å². The fourth-order valence-corrected chi connectivity index (χ4v) is 10.6. The molecule has 0 aromatic carbocycles. The summed E-state index contributed by atoms with van der Waals surface area (Å²) in [6.07, 6.45) is 51.2. The van der Waals surface area contributed by atoms with Gasteiger partial charge in [0.05, 0.1) is 32.0 Å². The third kappa shape index (κ3) is 37.0. The van der Waals surface area contributed by atoms with E-state index in [9.17, 15) is 45.6 Å². The number of amides is 1. The third-order valence-electron chi connectivity index (χ3n) is 15.9. The fraction of sp³-hybridized carbons (Fsp3) is 0.836. The molecular formula is C67H121NO13. The summed E-state index contributed by atoms with van der Waals surface area (Å²) >= 11 is 0. The largest absolute Gasteiger partial charge is 0.394 e. The standard InChI is InChI=1S/C67H121NO13/c1-3-5-7-9-11-13-15-17-19-21-23-25-27-29-30-32-34-36-38-40-42-44-46-48-50-56(71)55(54-78-66-64(77)62(75)65(58(53-70)80-66)81-67-63(76)61(74)60(73)57(52-69)79-67)68-59(72)51-49-47-45-43-41-39-37-35-33-31-28-26-24-22-20-18-16-14-12-10-8-6-4-2/h16,18,22,24,28,31,40,42,48,50,55-58,60-67,69-71,73-77H,3-15,17,19-21,23,25-27,29-30,32-39,41,43-47,49,51-54H2,1-2H3,(H,68,72)/b18-16-,24-22-,31-28-,42-40+,50-48+. The van der Waals surface area contributed by atoms with Gasteiger partial charge in [-0.05, 0) is 70.6 Å². The number of ether oxygens (including phenoxy) is 4. The summed E-state index contributed by atoms with van der Waals surface area (Å²) in [5, 5.41) is 87.3.